The summed E-state index contributed by atoms with van der Waals surface area (Å²) in [7, 11) is 0. The Morgan fingerprint density at radius 2 is 2.20 bits per heavy atom. The van der Waals surface area contributed by atoms with E-state index in [2.05, 4.69) is 6.58 Å². The van der Waals surface area contributed by atoms with Gasteiger partial charge in [0.05, 0.1) is 18.6 Å². The van der Waals surface area contributed by atoms with Crippen molar-refractivity contribution in [2.45, 2.75) is 18.4 Å². The summed E-state index contributed by atoms with van der Waals surface area (Å²) in [6.07, 6.45) is 1.38. The zero-order chi connectivity index (χ0) is 8.04. The van der Waals surface area contributed by atoms with Gasteiger partial charge in [-0.1, -0.05) is 6.08 Å². The minimum absolute atomic E-state index is 0.136. The molecule has 3 heteroatoms. The number of hydrogen-bond donors (Lipinski definition) is 1. The Labute approximate surface area is 59.8 Å². The molecule has 0 radical (unpaired) electrons. The van der Waals surface area contributed by atoms with Crippen molar-refractivity contribution in [3.05, 3.63) is 12.7 Å². The molecule has 0 aromatic heterocycles. The lowest BCUT2D eigenvalue weighted by atomic mass is 9.99. The number of hydrogen-bond acceptors (Lipinski definition) is 3. The Balaban J connectivity index is 4.14. The Morgan fingerprint density at radius 3 is 2.50 bits per heavy atom. The molecule has 0 aromatic rings. The molecule has 0 saturated carbocycles. The molecule has 0 fully saturated rings. The lowest BCUT2D eigenvalue weighted by Gasteiger charge is -2.12. The van der Waals surface area contributed by atoms with E-state index < -0.39 is 5.60 Å². The number of nitriles is 2. The third-order valence-electron chi connectivity index (χ3n) is 1.06. The van der Waals surface area contributed by atoms with Crippen LogP contribution in [0.5, 0.6) is 0 Å². The second-order valence-corrected chi connectivity index (χ2v) is 1.97. The van der Waals surface area contributed by atoms with Crippen LogP contribution in [-0.2, 0) is 0 Å². The molecule has 0 amide bonds. The second kappa shape index (κ2) is 3.66. The molecule has 0 aliphatic rings. The van der Waals surface area contributed by atoms with Crippen LogP contribution in [0.15, 0.2) is 12.7 Å². The zero-order valence-corrected chi connectivity index (χ0v) is 5.54. The minimum atomic E-state index is -1.53. The minimum Gasteiger partial charge on any atom is -0.374 e. The molecule has 0 aliphatic carbocycles. The van der Waals surface area contributed by atoms with Crippen LogP contribution >= 0.6 is 0 Å². The topological polar surface area (TPSA) is 67.8 Å². The first kappa shape index (κ1) is 8.68. The molecule has 10 heavy (non-hydrogen) atoms. The molecular weight excluding hydrogens is 128 g/mol. The van der Waals surface area contributed by atoms with Crippen molar-refractivity contribution in [3.8, 4) is 12.1 Å². The monoisotopic (exact) mass is 136 g/mol. The van der Waals surface area contributed by atoms with Crippen molar-refractivity contribution in [2.75, 3.05) is 0 Å². The molecule has 0 rings (SSSR count). The van der Waals surface area contributed by atoms with Crippen molar-refractivity contribution in [2.24, 2.45) is 0 Å². The van der Waals surface area contributed by atoms with Gasteiger partial charge in [-0.2, -0.15) is 10.5 Å². The molecule has 3 nitrogen and oxygen atoms in total. The Morgan fingerprint density at radius 1 is 1.60 bits per heavy atom. The third-order valence-corrected chi connectivity index (χ3v) is 1.06. The van der Waals surface area contributed by atoms with Crippen LogP contribution in [-0.4, -0.2) is 10.7 Å². The van der Waals surface area contributed by atoms with E-state index in [-0.39, 0.29) is 12.8 Å². The molecule has 0 spiro atoms. The quantitative estimate of drug-likeness (QED) is 0.459. The van der Waals surface area contributed by atoms with Gasteiger partial charge in [0.2, 0.25) is 0 Å². The van der Waals surface area contributed by atoms with Crippen molar-refractivity contribution in [1.29, 1.82) is 10.5 Å². The Bertz CT molecular complexity index is 199. The maximum atomic E-state index is 9.17. The summed E-state index contributed by atoms with van der Waals surface area (Å²) < 4.78 is 0. The molecular formula is C7H8N2O. The average Bonchev–Trinajstić information content (AvgIpc) is 1.89. The molecule has 52 valence electrons. The first-order valence-corrected chi connectivity index (χ1v) is 2.80. The first-order chi connectivity index (χ1) is 4.68. The van der Waals surface area contributed by atoms with Gasteiger partial charge in [-0.3, -0.25) is 0 Å². The number of aliphatic hydroxyl groups is 1. The first-order valence-electron chi connectivity index (χ1n) is 2.80. The van der Waals surface area contributed by atoms with Gasteiger partial charge in [-0.25, -0.2) is 0 Å². The highest BCUT2D eigenvalue weighted by Crippen LogP contribution is 2.12. The van der Waals surface area contributed by atoms with E-state index in [1.807, 2.05) is 0 Å². The molecule has 0 aromatic carbocycles. The van der Waals surface area contributed by atoms with Gasteiger partial charge >= 0.3 is 0 Å². The summed E-state index contributed by atoms with van der Waals surface area (Å²) in [5.74, 6) is 0. The van der Waals surface area contributed by atoms with Crippen LogP contribution in [0.3, 0.4) is 0 Å². The van der Waals surface area contributed by atoms with E-state index in [9.17, 15) is 0 Å². The fraction of sp³-hybridized carbons (Fsp3) is 0.429. The van der Waals surface area contributed by atoms with Crippen LogP contribution < -0.4 is 0 Å². The summed E-state index contributed by atoms with van der Waals surface area (Å²) in [4.78, 5) is 0. The summed E-state index contributed by atoms with van der Waals surface area (Å²) in [6, 6.07) is 3.37. The van der Waals surface area contributed by atoms with Crippen LogP contribution in [0, 0.1) is 22.7 Å². The van der Waals surface area contributed by atoms with Gasteiger partial charge in [0, 0.05) is 6.42 Å². The van der Waals surface area contributed by atoms with E-state index >= 15 is 0 Å². The fourth-order valence-corrected chi connectivity index (χ4v) is 0.527. The Kier molecular flexibility index (Phi) is 3.17. The highest BCUT2D eigenvalue weighted by atomic mass is 16.3. The van der Waals surface area contributed by atoms with Gasteiger partial charge in [0.25, 0.3) is 0 Å². The van der Waals surface area contributed by atoms with Crippen LogP contribution in [0.1, 0.15) is 12.8 Å². The van der Waals surface area contributed by atoms with Crippen LogP contribution in [0.2, 0.25) is 0 Å². The smallest absolute Gasteiger partial charge is 0.167 e. The van der Waals surface area contributed by atoms with E-state index in [1.54, 1.807) is 12.1 Å². The molecule has 1 unspecified atom stereocenters. The van der Waals surface area contributed by atoms with Crippen LogP contribution in [0.25, 0.3) is 0 Å². The molecule has 1 N–H and O–H groups in total. The van der Waals surface area contributed by atoms with Gasteiger partial charge in [-0.15, -0.1) is 6.58 Å². The summed E-state index contributed by atoms with van der Waals surface area (Å²) in [6.45, 7) is 3.36. The summed E-state index contributed by atoms with van der Waals surface area (Å²) in [5, 5.41) is 25.7. The van der Waals surface area contributed by atoms with Gasteiger partial charge in [0.1, 0.15) is 0 Å². The molecule has 0 saturated heterocycles. The largest absolute Gasteiger partial charge is 0.374 e. The predicted molar refractivity (Wildman–Crippen MR) is 35.6 cm³/mol. The normalized spacial score (nSPS) is 14.3. The standard InChI is InChI=1S/C7H8N2O/c1-2-3-7(10,6-9)4-5-8/h2,10H,1,3-4H2. The molecule has 0 aliphatic heterocycles. The maximum absolute atomic E-state index is 9.17. The SMILES string of the molecule is C=CCC(O)(C#N)CC#N. The molecule has 1 atom stereocenters. The number of rotatable bonds is 3. The highest BCUT2D eigenvalue weighted by Gasteiger charge is 2.23. The van der Waals surface area contributed by atoms with Crippen molar-refractivity contribution < 1.29 is 5.11 Å². The van der Waals surface area contributed by atoms with Gasteiger partial charge in [0.15, 0.2) is 5.60 Å². The molecule has 0 bridgehead atoms. The second-order valence-electron chi connectivity index (χ2n) is 1.97. The maximum Gasteiger partial charge on any atom is 0.167 e. The van der Waals surface area contributed by atoms with E-state index in [0.29, 0.717) is 0 Å². The van der Waals surface area contributed by atoms with E-state index in [0.717, 1.165) is 0 Å². The van der Waals surface area contributed by atoms with Gasteiger partial charge < -0.3 is 5.11 Å². The lowest BCUT2D eigenvalue weighted by Crippen LogP contribution is -2.24. The highest BCUT2D eigenvalue weighted by molar-refractivity contribution is 5.07. The predicted octanol–water partition coefficient (Wildman–Crippen LogP) is 0.731. The van der Waals surface area contributed by atoms with E-state index in [4.69, 9.17) is 15.6 Å². The zero-order valence-electron chi connectivity index (χ0n) is 5.54. The van der Waals surface area contributed by atoms with Crippen molar-refractivity contribution in [3.63, 3.8) is 0 Å². The Hall–Kier alpha value is -1.32. The average molecular weight is 136 g/mol. The van der Waals surface area contributed by atoms with E-state index in [1.165, 1.54) is 6.08 Å². The number of nitrogens with zero attached hydrogens (tertiary/aromatic N) is 2. The summed E-state index contributed by atoms with van der Waals surface area (Å²) >= 11 is 0. The lowest BCUT2D eigenvalue weighted by molar-refractivity contribution is 0.108. The summed E-state index contributed by atoms with van der Waals surface area (Å²) in [5.41, 5.74) is -1.53. The van der Waals surface area contributed by atoms with Crippen LogP contribution in [0.4, 0.5) is 0 Å². The molecule has 0 heterocycles. The third kappa shape index (κ3) is 2.30. The van der Waals surface area contributed by atoms with Crippen molar-refractivity contribution >= 4 is 0 Å². The van der Waals surface area contributed by atoms with Crippen molar-refractivity contribution in [1.82, 2.24) is 0 Å². The van der Waals surface area contributed by atoms with Gasteiger partial charge in [-0.05, 0) is 0 Å². The fourth-order valence-electron chi connectivity index (χ4n) is 0.527.